The van der Waals surface area contributed by atoms with Gasteiger partial charge in [0.2, 0.25) is 0 Å². The van der Waals surface area contributed by atoms with Crippen LogP contribution in [0.4, 0.5) is 5.69 Å². The normalized spacial score (nSPS) is 10.9. The summed E-state index contributed by atoms with van der Waals surface area (Å²) >= 11 is 17.8. The Kier molecular flexibility index (Phi) is 7.64. The Morgan fingerprint density at radius 2 is 1.66 bits per heavy atom. The molecule has 0 unspecified atom stereocenters. The van der Waals surface area contributed by atoms with E-state index in [-0.39, 0.29) is 0 Å². The number of hydrogen-bond acceptors (Lipinski definition) is 4. The molecule has 0 aromatic heterocycles. The van der Waals surface area contributed by atoms with Crippen molar-refractivity contribution in [2.45, 2.75) is 13.5 Å². The van der Waals surface area contributed by atoms with Crippen molar-refractivity contribution in [3.63, 3.8) is 0 Å². The molecule has 0 radical (unpaired) electrons. The van der Waals surface area contributed by atoms with Gasteiger partial charge in [0.25, 0.3) is 0 Å². The molecule has 7 heteroatoms. The third-order valence-electron chi connectivity index (χ3n) is 3.90. The van der Waals surface area contributed by atoms with Crippen LogP contribution in [0, 0.1) is 0 Å². The van der Waals surface area contributed by atoms with Gasteiger partial charge in [0.15, 0.2) is 11.5 Å². The van der Waals surface area contributed by atoms with Crippen LogP contribution in [-0.2, 0) is 6.61 Å². The zero-order valence-corrected chi connectivity index (χ0v) is 17.9. The maximum atomic E-state index is 6.00. The first-order valence-corrected chi connectivity index (χ1v) is 10.1. The molecule has 0 aliphatic carbocycles. The zero-order chi connectivity index (χ0) is 20.6. The van der Waals surface area contributed by atoms with Crippen LogP contribution in [0.1, 0.15) is 18.1 Å². The van der Waals surface area contributed by atoms with Crippen LogP contribution in [-0.4, -0.2) is 12.8 Å². The van der Waals surface area contributed by atoms with E-state index in [2.05, 4.69) is 10.5 Å². The summed E-state index contributed by atoms with van der Waals surface area (Å²) in [5, 5.41) is 5.89. The molecule has 0 atom stereocenters. The molecule has 3 aromatic rings. The fraction of sp³-hybridized carbons (Fsp3) is 0.136. The van der Waals surface area contributed by atoms with E-state index in [1.165, 1.54) is 0 Å². The SMILES string of the molecule is CCOc1cc(C=NNc2ccc(Cl)c(Cl)c2)ccc1OCc1ccc(Cl)cc1. The highest BCUT2D eigenvalue weighted by molar-refractivity contribution is 6.42. The maximum Gasteiger partial charge on any atom is 0.161 e. The molecule has 0 heterocycles. The van der Waals surface area contributed by atoms with Crippen molar-refractivity contribution >= 4 is 46.7 Å². The van der Waals surface area contributed by atoms with Gasteiger partial charge in [0, 0.05) is 5.02 Å². The lowest BCUT2D eigenvalue weighted by Gasteiger charge is -2.12. The molecule has 0 fully saturated rings. The molecular formula is C22H19Cl3N2O2. The number of halogens is 3. The minimum Gasteiger partial charge on any atom is -0.490 e. The van der Waals surface area contributed by atoms with Gasteiger partial charge in [-0.1, -0.05) is 46.9 Å². The van der Waals surface area contributed by atoms with Crippen LogP contribution < -0.4 is 14.9 Å². The van der Waals surface area contributed by atoms with Gasteiger partial charge in [-0.25, -0.2) is 0 Å². The van der Waals surface area contributed by atoms with Gasteiger partial charge >= 0.3 is 0 Å². The number of rotatable bonds is 8. The van der Waals surface area contributed by atoms with Crippen LogP contribution >= 0.6 is 34.8 Å². The number of hydrogen-bond donors (Lipinski definition) is 1. The molecular weight excluding hydrogens is 431 g/mol. The number of hydrazone groups is 1. The van der Waals surface area contributed by atoms with Crippen LogP contribution in [0.3, 0.4) is 0 Å². The molecule has 0 aliphatic rings. The Bertz CT molecular complexity index is 992. The van der Waals surface area contributed by atoms with E-state index >= 15 is 0 Å². The molecule has 1 N–H and O–H groups in total. The first-order valence-electron chi connectivity index (χ1n) is 8.93. The van der Waals surface area contributed by atoms with Crippen LogP contribution in [0.25, 0.3) is 0 Å². The third kappa shape index (κ3) is 6.29. The average molecular weight is 450 g/mol. The largest absolute Gasteiger partial charge is 0.490 e. The van der Waals surface area contributed by atoms with E-state index in [1.54, 1.807) is 24.4 Å². The van der Waals surface area contributed by atoms with Gasteiger partial charge in [-0.3, -0.25) is 5.43 Å². The Balaban J connectivity index is 1.67. The Labute approximate surface area is 185 Å². The summed E-state index contributed by atoms with van der Waals surface area (Å²) in [6, 6.07) is 18.4. The predicted molar refractivity (Wildman–Crippen MR) is 121 cm³/mol. The van der Waals surface area contributed by atoms with E-state index in [1.807, 2.05) is 49.4 Å². The molecule has 0 aliphatic heterocycles. The third-order valence-corrected chi connectivity index (χ3v) is 4.89. The average Bonchev–Trinajstić information content (AvgIpc) is 2.71. The van der Waals surface area contributed by atoms with Crippen molar-refractivity contribution in [1.82, 2.24) is 0 Å². The van der Waals surface area contributed by atoms with Gasteiger partial charge in [-0.15, -0.1) is 0 Å². The number of anilines is 1. The second-order valence-corrected chi connectivity index (χ2v) is 7.30. The molecule has 3 rings (SSSR count). The molecule has 0 amide bonds. The Morgan fingerprint density at radius 3 is 2.38 bits per heavy atom. The number of nitrogens with one attached hydrogen (secondary N) is 1. The molecule has 0 spiro atoms. The highest BCUT2D eigenvalue weighted by atomic mass is 35.5. The quantitative estimate of drug-likeness (QED) is 0.295. The molecule has 0 bridgehead atoms. The van der Waals surface area contributed by atoms with E-state index < -0.39 is 0 Å². The lowest BCUT2D eigenvalue weighted by Crippen LogP contribution is -2.00. The standard InChI is InChI=1S/C22H19Cl3N2O2/c1-2-28-22-11-16(13-26-27-18-8-9-19(24)20(25)12-18)5-10-21(22)29-14-15-3-6-17(23)7-4-15/h3-13,27H,2,14H2,1H3. The second-order valence-electron chi connectivity index (χ2n) is 6.05. The summed E-state index contributed by atoms with van der Waals surface area (Å²) in [6.07, 6.45) is 1.69. The summed E-state index contributed by atoms with van der Waals surface area (Å²) in [5.41, 5.74) is 5.54. The number of ether oxygens (including phenoxy) is 2. The molecule has 150 valence electrons. The molecule has 0 saturated carbocycles. The summed E-state index contributed by atoms with van der Waals surface area (Å²) in [6.45, 7) is 2.87. The van der Waals surface area contributed by atoms with Crippen molar-refractivity contribution < 1.29 is 9.47 Å². The fourth-order valence-electron chi connectivity index (χ4n) is 2.48. The van der Waals surface area contributed by atoms with Gasteiger partial charge in [-0.2, -0.15) is 5.10 Å². The number of benzene rings is 3. The van der Waals surface area contributed by atoms with Crippen LogP contribution in [0.5, 0.6) is 11.5 Å². The lowest BCUT2D eigenvalue weighted by atomic mass is 10.2. The lowest BCUT2D eigenvalue weighted by molar-refractivity contribution is 0.269. The zero-order valence-electron chi connectivity index (χ0n) is 15.7. The predicted octanol–water partition coefficient (Wildman–Crippen LogP) is 7.07. The van der Waals surface area contributed by atoms with E-state index in [4.69, 9.17) is 44.3 Å². The van der Waals surface area contributed by atoms with Crippen molar-refractivity contribution in [3.05, 3.63) is 86.9 Å². The van der Waals surface area contributed by atoms with Crippen molar-refractivity contribution in [3.8, 4) is 11.5 Å². The number of nitrogens with zero attached hydrogens (tertiary/aromatic N) is 1. The van der Waals surface area contributed by atoms with E-state index in [0.29, 0.717) is 39.8 Å². The Hall–Kier alpha value is -2.40. The highest BCUT2D eigenvalue weighted by Gasteiger charge is 2.07. The minimum absolute atomic E-state index is 0.420. The summed E-state index contributed by atoms with van der Waals surface area (Å²) < 4.78 is 11.6. The van der Waals surface area contributed by atoms with Crippen molar-refractivity contribution in [1.29, 1.82) is 0 Å². The minimum atomic E-state index is 0.420. The summed E-state index contributed by atoms with van der Waals surface area (Å²) in [5.74, 6) is 1.32. The maximum absolute atomic E-state index is 6.00. The van der Waals surface area contributed by atoms with Crippen molar-refractivity contribution in [2.75, 3.05) is 12.0 Å². The van der Waals surface area contributed by atoms with Gasteiger partial charge < -0.3 is 9.47 Å². The first kappa shape index (κ1) is 21.3. The fourth-order valence-corrected chi connectivity index (χ4v) is 2.91. The van der Waals surface area contributed by atoms with Gasteiger partial charge in [0.1, 0.15) is 6.61 Å². The van der Waals surface area contributed by atoms with Crippen molar-refractivity contribution in [2.24, 2.45) is 5.10 Å². The molecule has 29 heavy (non-hydrogen) atoms. The van der Waals surface area contributed by atoms with Crippen LogP contribution in [0.2, 0.25) is 15.1 Å². The van der Waals surface area contributed by atoms with Gasteiger partial charge in [0.05, 0.1) is 28.6 Å². The molecule has 4 nitrogen and oxygen atoms in total. The summed E-state index contributed by atoms with van der Waals surface area (Å²) in [7, 11) is 0. The van der Waals surface area contributed by atoms with E-state index in [0.717, 1.165) is 16.8 Å². The Morgan fingerprint density at radius 1 is 0.862 bits per heavy atom. The monoisotopic (exact) mass is 448 g/mol. The first-order chi connectivity index (χ1) is 14.0. The molecule has 0 saturated heterocycles. The summed E-state index contributed by atoms with van der Waals surface area (Å²) in [4.78, 5) is 0. The van der Waals surface area contributed by atoms with Crippen LogP contribution in [0.15, 0.2) is 65.8 Å². The molecule has 3 aromatic carbocycles. The topological polar surface area (TPSA) is 42.8 Å². The van der Waals surface area contributed by atoms with Gasteiger partial charge in [-0.05, 0) is 66.6 Å². The highest BCUT2D eigenvalue weighted by Crippen LogP contribution is 2.29. The smallest absolute Gasteiger partial charge is 0.161 e. The second kappa shape index (κ2) is 10.4. The van der Waals surface area contributed by atoms with E-state index in [9.17, 15) is 0 Å².